The van der Waals surface area contributed by atoms with Crippen LogP contribution in [0.3, 0.4) is 0 Å². The minimum atomic E-state index is -4.48. The van der Waals surface area contributed by atoms with E-state index >= 15 is 0 Å². The van der Waals surface area contributed by atoms with Gasteiger partial charge >= 0.3 is 12.2 Å². The quantitative estimate of drug-likeness (QED) is 0.506. The number of ether oxygens (including phenoxy) is 1. The van der Waals surface area contributed by atoms with Gasteiger partial charge in [0.25, 0.3) is 5.56 Å². The molecule has 0 aliphatic rings. The molecule has 0 aliphatic carbocycles. The van der Waals surface area contributed by atoms with E-state index in [2.05, 4.69) is 24.8 Å². The first-order chi connectivity index (χ1) is 13.9. The molecule has 3 heterocycles. The lowest BCUT2D eigenvalue weighted by molar-refractivity contribution is -0.154. The van der Waals surface area contributed by atoms with E-state index in [4.69, 9.17) is 4.42 Å². The lowest BCUT2D eigenvalue weighted by Crippen LogP contribution is -2.23. The Balaban J connectivity index is 1.55. The highest BCUT2D eigenvalue weighted by Gasteiger charge is 2.28. The second-order valence-corrected chi connectivity index (χ2v) is 5.95. The van der Waals surface area contributed by atoms with E-state index in [-0.39, 0.29) is 12.1 Å². The van der Waals surface area contributed by atoms with Crippen LogP contribution in [0.2, 0.25) is 0 Å². The summed E-state index contributed by atoms with van der Waals surface area (Å²) in [5, 5.41) is 4.23. The number of rotatable bonds is 5. The minimum Gasteiger partial charge on any atom is -0.454 e. The largest absolute Gasteiger partial charge is 0.454 e. The highest BCUT2D eigenvalue weighted by molar-refractivity contribution is 5.72. The first-order valence-corrected chi connectivity index (χ1v) is 8.32. The van der Waals surface area contributed by atoms with Crippen molar-refractivity contribution >= 4 is 11.1 Å². The number of alkyl halides is 3. The number of para-hydroxylation sites is 2. The molecule has 11 heteroatoms. The summed E-state index contributed by atoms with van der Waals surface area (Å²) in [5.74, 6) is 0.310. The summed E-state index contributed by atoms with van der Waals surface area (Å²) < 4.78 is 47.8. The molecule has 3 aromatic heterocycles. The Morgan fingerprint density at radius 2 is 1.83 bits per heavy atom. The molecule has 0 fully saturated rings. The fourth-order valence-electron chi connectivity index (χ4n) is 2.50. The van der Waals surface area contributed by atoms with Crippen LogP contribution < -0.4 is 10.3 Å². The zero-order chi connectivity index (χ0) is 20.4. The molecule has 0 saturated carbocycles. The van der Waals surface area contributed by atoms with Crippen LogP contribution in [0.15, 0.2) is 58.0 Å². The van der Waals surface area contributed by atoms with Gasteiger partial charge in [0, 0.05) is 24.0 Å². The number of oxazole rings is 1. The number of nitrogens with zero attached hydrogens (tertiary/aromatic N) is 5. The number of benzene rings is 1. The SMILES string of the molecule is O=c1ccc(-c2cnc(OCC(F)(F)F)nc2)nn1Cc1nc2ccccc2o1. The van der Waals surface area contributed by atoms with Crippen LogP contribution in [-0.4, -0.2) is 37.5 Å². The summed E-state index contributed by atoms with van der Waals surface area (Å²) in [6, 6.07) is 9.53. The van der Waals surface area contributed by atoms with E-state index in [0.29, 0.717) is 28.2 Å². The maximum absolute atomic E-state index is 12.2. The smallest absolute Gasteiger partial charge is 0.422 e. The fraction of sp³-hybridized carbons (Fsp3) is 0.167. The van der Waals surface area contributed by atoms with Gasteiger partial charge in [-0.25, -0.2) is 19.6 Å². The van der Waals surface area contributed by atoms with Crippen molar-refractivity contribution in [1.82, 2.24) is 24.7 Å². The number of hydrogen-bond acceptors (Lipinski definition) is 7. The average Bonchev–Trinajstić information content (AvgIpc) is 3.10. The van der Waals surface area contributed by atoms with Crippen LogP contribution in [-0.2, 0) is 6.54 Å². The van der Waals surface area contributed by atoms with E-state index in [1.54, 1.807) is 12.1 Å². The Hall–Kier alpha value is -3.76. The Kier molecular flexibility index (Phi) is 4.71. The predicted molar refractivity (Wildman–Crippen MR) is 94.2 cm³/mol. The lowest BCUT2D eigenvalue weighted by Gasteiger charge is -2.08. The van der Waals surface area contributed by atoms with Gasteiger partial charge in [0.1, 0.15) is 12.1 Å². The van der Waals surface area contributed by atoms with Crippen LogP contribution in [0, 0.1) is 0 Å². The number of halogens is 3. The van der Waals surface area contributed by atoms with Crippen molar-refractivity contribution in [3.63, 3.8) is 0 Å². The van der Waals surface area contributed by atoms with Crippen molar-refractivity contribution in [1.29, 1.82) is 0 Å². The molecular formula is C18H12F3N5O3. The maximum atomic E-state index is 12.2. The topological polar surface area (TPSA) is 95.9 Å². The summed E-state index contributed by atoms with van der Waals surface area (Å²) in [7, 11) is 0. The van der Waals surface area contributed by atoms with Crippen molar-refractivity contribution in [2.45, 2.75) is 12.7 Å². The lowest BCUT2D eigenvalue weighted by atomic mass is 10.2. The second-order valence-electron chi connectivity index (χ2n) is 5.95. The molecule has 0 aliphatic heterocycles. The van der Waals surface area contributed by atoms with Gasteiger partial charge < -0.3 is 9.15 Å². The first-order valence-electron chi connectivity index (χ1n) is 8.32. The molecule has 4 rings (SSSR count). The highest BCUT2D eigenvalue weighted by atomic mass is 19.4. The van der Waals surface area contributed by atoms with Gasteiger partial charge in [0.05, 0.1) is 5.69 Å². The van der Waals surface area contributed by atoms with E-state index in [9.17, 15) is 18.0 Å². The summed E-state index contributed by atoms with van der Waals surface area (Å²) in [5.41, 5.74) is 1.63. The Bertz CT molecular complexity index is 1170. The van der Waals surface area contributed by atoms with Crippen LogP contribution in [0.25, 0.3) is 22.4 Å². The molecule has 0 amide bonds. The third-order valence-corrected chi connectivity index (χ3v) is 3.78. The number of hydrogen-bond donors (Lipinski definition) is 0. The monoisotopic (exact) mass is 403 g/mol. The van der Waals surface area contributed by atoms with Crippen molar-refractivity contribution in [3.05, 3.63) is 65.0 Å². The molecule has 1 aromatic carbocycles. The van der Waals surface area contributed by atoms with Gasteiger partial charge in [0.15, 0.2) is 12.2 Å². The zero-order valence-corrected chi connectivity index (χ0v) is 14.6. The summed E-state index contributed by atoms with van der Waals surface area (Å²) in [4.78, 5) is 23.9. The van der Waals surface area contributed by atoms with Gasteiger partial charge in [-0.15, -0.1) is 0 Å². The predicted octanol–water partition coefficient (Wildman–Crippen LogP) is 2.83. The van der Waals surface area contributed by atoms with Crippen LogP contribution in [0.4, 0.5) is 13.2 Å². The van der Waals surface area contributed by atoms with E-state index in [1.165, 1.54) is 24.5 Å². The molecular weight excluding hydrogens is 391 g/mol. The molecule has 29 heavy (non-hydrogen) atoms. The molecule has 8 nitrogen and oxygen atoms in total. The highest BCUT2D eigenvalue weighted by Crippen LogP contribution is 2.19. The molecule has 4 aromatic rings. The van der Waals surface area contributed by atoms with Crippen molar-refractivity contribution in [3.8, 4) is 17.3 Å². The Labute approximate surface area is 160 Å². The molecule has 0 atom stereocenters. The summed E-state index contributed by atoms with van der Waals surface area (Å²) in [6.07, 6.45) is -1.96. The van der Waals surface area contributed by atoms with Gasteiger partial charge in [-0.05, 0) is 18.2 Å². The Morgan fingerprint density at radius 3 is 2.55 bits per heavy atom. The van der Waals surface area contributed by atoms with E-state index in [1.807, 2.05) is 12.1 Å². The average molecular weight is 403 g/mol. The summed E-state index contributed by atoms with van der Waals surface area (Å²) >= 11 is 0. The first kappa shape index (κ1) is 18.6. The van der Waals surface area contributed by atoms with Crippen LogP contribution in [0.5, 0.6) is 6.01 Å². The minimum absolute atomic E-state index is 0.00892. The second kappa shape index (κ2) is 7.34. The molecule has 0 radical (unpaired) electrons. The van der Waals surface area contributed by atoms with Gasteiger partial charge in [-0.3, -0.25) is 4.79 Å². The summed E-state index contributed by atoms with van der Waals surface area (Å²) in [6.45, 7) is -1.48. The molecule has 0 saturated heterocycles. The molecule has 148 valence electrons. The molecule has 0 unspecified atom stereocenters. The van der Waals surface area contributed by atoms with Gasteiger partial charge in [-0.1, -0.05) is 12.1 Å². The normalized spacial score (nSPS) is 11.7. The van der Waals surface area contributed by atoms with E-state index < -0.39 is 18.8 Å². The molecule has 0 spiro atoms. The van der Waals surface area contributed by atoms with Crippen LogP contribution in [0.1, 0.15) is 5.89 Å². The van der Waals surface area contributed by atoms with Crippen molar-refractivity contribution in [2.75, 3.05) is 6.61 Å². The number of fused-ring (bicyclic) bond motifs is 1. The zero-order valence-electron chi connectivity index (χ0n) is 14.6. The van der Waals surface area contributed by atoms with E-state index in [0.717, 1.165) is 4.68 Å². The van der Waals surface area contributed by atoms with Crippen molar-refractivity contribution in [2.24, 2.45) is 0 Å². The maximum Gasteiger partial charge on any atom is 0.422 e. The van der Waals surface area contributed by atoms with Gasteiger partial charge in [-0.2, -0.15) is 18.3 Å². The fourth-order valence-corrected chi connectivity index (χ4v) is 2.50. The molecule has 0 N–H and O–H groups in total. The standard InChI is InChI=1S/C18H12F3N5O3/c19-18(20,21)10-28-17-22-7-11(8-23-17)12-5-6-16(27)26(25-12)9-15-24-13-3-1-2-4-14(13)29-15/h1-8H,9-10H2. The molecule has 0 bridgehead atoms. The van der Waals surface area contributed by atoms with Crippen LogP contribution >= 0.6 is 0 Å². The third kappa shape index (κ3) is 4.39. The van der Waals surface area contributed by atoms with Crippen molar-refractivity contribution < 1.29 is 22.3 Å². The third-order valence-electron chi connectivity index (χ3n) is 3.78. The Morgan fingerprint density at radius 1 is 1.07 bits per heavy atom. The van der Waals surface area contributed by atoms with Gasteiger partial charge in [0.2, 0.25) is 5.89 Å². The number of aromatic nitrogens is 5.